The van der Waals surface area contributed by atoms with E-state index in [0.717, 1.165) is 11.5 Å². The van der Waals surface area contributed by atoms with E-state index in [0.29, 0.717) is 5.96 Å². The minimum Gasteiger partial charge on any atom is -0.370 e. The average Bonchev–Trinajstić information content (AvgIpc) is 2.09. The summed E-state index contributed by atoms with van der Waals surface area (Å²) in [4.78, 5) is 11.7. The van der Waals surface area contributed by atoms with Gasteiger partial charge in [-0.25, -0.2) is 9.97 Å². The van der Waals surface area contributed by atoms with E-state index >= 15 is 0 Å². The highest BCUT2D eigenvalue weighted by molar-refractivity contribution is 5.91. The van der Waals surface area contributed by atoms with Crippen LogP contribution < -0.4 is 11.1 Å². The molecule has 0 bridgehead atoms. The average molecular weight is 165 g/mol. The van der Waals surface area contributed by atoms with Gasteiger partial charge in [0.2, 0.25) is 0 Å². The smallest absolute Gasteiger partial charge is 0.192 e. The Hall–Kier alpha value is -1.65. The molecule has 1 heterocycles. The van der Waals surface area contributed by atoms with Crippen molar-refractivity contribution in [1.82, 2.24) is 9.97 Å². The van der Waals surface area contributed by atoms with Crippen LogP contribution >= 0.6 is 0 Å². The molecule has 0 spiro atoms. The molecule has 0 aliphatic carbocycles. The zero-order valence-corrected chi connectivity index (χ0v) is 7.07. The quantitative estimate of drug-likeness (QED) is 0.458. The van der Waals surface area contributed by atoms with Gasteiger partial charge in [0.1, 0.15) is 5.82 Å². The van der Waals surface area contributed by atoms with Gasteiger partial charge in [-0.15, -0.1) is 0 Å². The minimum absolute atomic E-state index is 0.349. The summed E-state index contributed by atoms with van der Waals surface area (Å²) < 4.78 is 0. The number of rotatable bonds is 1. The largest absolute Gasteiger partial charge is 0.370 e. The second-order valence-electron chi connectivity index (χ2n) is 2.25. The molecule has 0 aromatic carbocycles. The van der Waals surface area contributed by atoms with Crippen LogP contribution in [0.2, 0.25) is 0 Å². The summed E-state index contributed by atoms with van der Waals surface area (Å²) in [7, 11) is 1.61. The van der Waals surface area contributed by atoms with E-state index < -0.39 is 0 Å². The van der Waals surface area contributed by atoms with Crippen molar-refractivity contribution in [1.29, 1.82) is 0 Å². The summed E-state index contributed by atoms with van der Waals surface area (Å²) in [6, 6.07) is 0. The van der Waals surface area contributed by atoms with Crippen LogP contribution in [0.25, 0.3) is 0 Å². The molecule has 12 heavy (non-hydrogen) atoms. The molecule has 0 unspecified atom stereocenters. The highest BCUT2D eigenvalue weighted by atomic mass is 15.1. The Kier molecular flexibility index (Phi) is 2.57. The van der Waals surface area contributed by atoms with Gasteiger partial charge in [0.15, 0.2) is 5.96 Å². The summed E-state index contributed by atoms with van der Waals surface area (Å²) in [5, 5.41) is 2.82. The molecule has 0 radical (unpaired) electrons. The van der Waals surface area contributed by atoms with Crippen molar-refractivity contribution < 1.29 is 0 Å². The third-order valence-corrected chi connectivity index (χ3v) is 1.29. The Morgan fingerprint density at radius 2 is 2.08 bits per heavy atom. The maximum atomic E-state index is 5.43. The molecular formula is C7H11N5. The lowest BCUT2D eigenvalue weighted by molar-refractivity contribution is 1.05. The minimum atomic E-state index is 0.349. The van der Waals surface area contributed by atoms with Crippen molar-refractivity contribution in [2.45, 2.75) is 6.92 Å². The molecule has 1 rings (SSSR count). The van der Waals surface area contributed by atoms with Gasteiger partial charge in [0, 0.05) is 7.05 Å². The molecular weight excluding hydrogens is 154 g/mol. The lowest BCUT2D eigenvalue weighted by atomic mass is 10.5. The second kappa shape index (κ2) is 3.66. The van der Waals surface area contributed by atoms with Crippen LogP contribution in [0.15, 0.2) is 17.4 Å². The molecule has 0 amide bonds. The van der Waals surface area contributed by atoms with Crippen LogP contribution in [0.1, 0.15) is 5.82 Å². The van der Waals surface area contributed by atoms with Gasteiger partial charge in [-0.3, -0.25) is 4.99 Å². The molecule has 0 saturated heterocycles. The SMILES string of the molecule is CN=C(N)Nc1cnc(C)nc1. The molecule has 3 N–H and O–H groups in total. The Morgan fingerprint density at radius 1 is 1.50 bits per heavy atom. The van der Waals surface area contributed by atoms with Crippen molar-refractivity contribution in [3.63, 3.8) is 0 Å². The van der Waals surface area contributed by atoms with Crippen molar-refractivity contribution in [3.8, 4) is 0 Å². The molecule has 0 aliphatic heterocycles. The first-order valence-electron chi connectivity index (χ1n) is 3.50. The molecule has 1 aromatic rings. The first kappa shape index (κ1) is 8.45. The molecule has 5 nitrogen and oxygen atoms in total. The van der Waals surface area contributed by atoms with Crippen LogP contribution in [0.3, 0.4) is 0 Å². The Bertz CT molecular complexity index is 276. The fraction of sp³-hybridized carbons (Fsp3) is 0.286. The maximum Gasteiger partial charge on any atom is 0.192 e. The summed E-state index contributed by atoms with van der Waals surface area (Å²) in [6.45, 7) is 1.82. The highest BCUT2D eigenvalue weighted by Gasteiger charge is 1.93. The van der Waals surface area contributed by atoms with E-state index in [4.69, 9.17) is 5.73 Å². The number of nitrogens with one attached hydrogen (secondary N) is 1. The molecule has 5 heteroatoms. The van der Waals surface area contributed by atoms with Crippen LogP contribution in [0, 0.1) is 6.92 Å². The predicted molar refractivity (Wildman–Crippen MR) is 47.9 cm³/mol. The number of aromatic nitrogens is 2. The van der Waals surface area contributed by atoms with Crippen molar-refractivity contribution in [3.05, 3.63) is 18.2 Å². The zero-order chi connectivity index (χ0) is 8.97. The van der Waals surface area contributed by atoms with Crippen molar-refractivity contribution >= 4 is 11.6 Å². The summed E-state index contributed by atoms with van der Waals surface area (Å²) >= 11 is 0. The van der Waals surface area contributed by atoms with Crippen molar-refractivity contribution in [2.75, 3.05) is 12.4 Å². The van der Waals surface area contributed by atoms with E-state index in [1.807, 2.05) is 6.92 Å². The number of nitrogens with two attached hydrogens (primary N) is 1. The molecule has 1 aromatic heterocycles. The number of aliphatic imine (C=N–C) groups is 1. The van der Waals surface area contributed by atoms with E-state index in [-0.39, 0.29) is 0 Å². The summed E-state index contributed by atoms with van der Waals surface area (Å²) in [6.07, 6.45) is 3.31. The van der Waals surface area contributed by atoms with Crippen LogP contribution in [-0.4, -0.2) is 23.0 Å². The third-order valence-electron chi connectivity index (χ3n) is 1.29. The van der Waals surface area contributed by atoms with Crippen molar-refractivity contribution in [2.24, 2.45) is 10.7 Å². The van der Waals surface area contributed by atoms with E-state index in [1.54, 1.807) is 19.4 Å². The topological polar surface area (TPSA) is 76.2 Å². The lowest BCUT2D eigenvalue weighted by Gasteiger charge is -2.02. The van der Waals surface area contributed by atoms with E-state index in [1.165, 1.54) is 0 Å². The Morgan fingerprint density at radius 3 is 2.58 bits per heavy atom. The number of aryl methyl sites for hydroxylation is 1. The second-order valence-corrected chi connectivity index (χ2v) is 2.25. The van der Waals surface area contributed by atoms with Crippen LogP contribution in [-0.2, 0) is 0 Å². The fourth-order valence-electron chi connectivity index (χ4n) is 0.661. The van der Waals surface area contributed by atoms with Crippen LogP contribution in [0.4, 0.5) is 5.69 Å². The lowest BCUT2D eigenvalue weighted by Crippen LogP contribution is -2.22. The third kappa shape index (κ3) is 2.19. The summed E-state index contributed by atoms with van der Waals surface area (Å²) in [5.74, 6) is 1.08. The van der Waals surface area contributed by atoms with Gasteiger partial charge < -0.3 is 11.1 Å². The first-order chi connectivity index (χ1) is 5.72. The maximum absolute atomic E-state index is 5.43. The van der Waals surface area contributed by atoms with E-state index in [2.05, 4.69) is 20.3 Å². The van der Waals surface area contributed by atoms with Crippen LogP contribution in [0.5, 0.6) is 0 Å². The van der Waals surface area contributed by atoms with Gasteiger partial charge in [-0.05, 0) is 6.92 Å². The number of nitrogens with zero attached hydrogens (tertiary/aromatic N) is 3. The van der Waals surface area contributed by atoms with Gasteiger partial charge >= 0.3 is 0 Å². The normalized spacial score (nSPS) is 11.3. The standard InChI is InChI=1S/C7H11N5/c1-5-10-3-6(4-11-5)12-7(8)9-2/h3-4H,1-2H3,(H3,8,9,12). The highest BCUT2D eigenvalue weighted by Crippen LogP contribution is 2.00. The first-order valence-corrected chi connectivity index (χ1v) is 3.50. The Balaban J connectivity index is 2.71. The molecule has 0 fully saturated rings. The Labute approximate surface area is 70.8 Å². The van der Waals surface area contributed by atoms with Gasteiger partial charge in [0.05, 0.1) is 18.1 Å². The van der Waals surface area contributed by atoms with E-state index in [9.17, 15) is 0 Å². The number of hydrogen-bond donors (Lipinski definition) is 2. The monoisotopic (exact) mass is 165 g/mol. The molecule has 64 valence electrons. The van der Waals surface area contributed by atoms with Gasteiger partial charge in [0.25, 0.3) is 0 Å². The van der Waals surface area contributed by atoms with Gasteiger partial charge in [-0.2, -0.15) is 0 Å². The number of guanidine groups is 1. The zero-order valence-electron chi connectivity index (χ0n) is 7.07. The molecule has 0 aliphatic rings. The predicted octanol–water partition coefficient (Wildman–Crippen LogP) is 0.141. The number of anilines is 1. The molecule has 0 atom stereocenters. The molecule has 0 saturated carbocycles. The summed E-state index contributed by atoms with van der Waals surface area (Å²) in [5.41, 5.74) is 6.17. The fourth-order valence-corrected chi connectivity index (χ4v) is 0.661. The number of hydrogen-bond acceptors (Lipinski definition) is 3. The van der Waals surface area contributed by atoms with Gasteiger partial charge in [-0.1, -0.05) is 0 Å².